The molecule has 24 heavy (non-hydrogen) atoms. The number of para-hydroxylation sites is 1. The van der Waals surface area contributed by atoms with E-state index in [-0.39, 0.29) is 24.4 Å². The fourth-order valence-electron chi connectivity index (χ4n) is 2.71. The number of carbonyl (C=O) groups is 2. The van der Waals surface area contributed by atoms with Crippen molar-refractivity contribution in [3.63, 3.8) is 0 Å². The van der Waals surface area contributed by atoms with Crippen molar-refractivity contribution >= 4 is 28.7 Å². The lowest BCUT2D eigenvalue weighted by atomic mass is 10.1. The third-order valence-corrected chi connectivity index (χ3v) is 3.84. The van der Waals surface area contributed by atoms with Gasteiger partial charge in [-0.05, 0) is 11.6 Å². The van der Waals surface area contributed by atoms with Crippen LogP contribution in [0, 0.1) is 10.1 Å². The minimum Gasteiger partial charge on any atom is -0.339 e. The molecule has 0 radical (unpaired) electrons. The molecule has 0 N–H and O–H groups in total. The first-order valence-corrected chi connectivity index (χ1v) is 7.36. The summed E-state index contributed by atoms with van der Waals surface area (Å²) < 4.78 is 1.76. The van der Waals surface area contributed by atoms with E-state index in [2.05, 4.69) is 0 Å². The average Bonchev–Trinajstić information content (AvgIpc) is 2.93. The number of nitrogens with zero attached hydrogens (tertiary/aromatic N) is 2. The van der Waals surface area contributed by atoms with Crippen LogP contribution in [0.1, 0.15) is 15.9 Å². The second kappa shape index (κ2) is 6.45. The van der Waals surface area contributed by atoms with Crippen LogP contribution in [0.3, 0.4) is 0 Å². The Morgan fingerprint density at radius 3 is 2.50 bits per heavy atom. The molecule has 0 bridgehead atoms. The van der Waals surface area contributed by atoms with Gasteiger partial charge in [0.25, 0.3) is 5.69 Å². The molecule has 0 saturated heterocycles. The van der Waals surface area contributed by atoms with Crippen molar-refractivity contribution in [1.82, 2.24) is 4.57 Å². The Morgan fingerprint density at radius 2 is 1.83 bits per heavy atom. The second-order valence-corrected chi connectivity index (χ2v) is 5.49. The highest BCUT2D eigenvalue weighted by atomic mass is 16.6. The molecule has 0 atom stereocenters. The lowest BCUT2D eigenvalue weighted by Gasteiger charge is -2.05. The topological polar surface area (TPSA) is 82.2 Å². The zero-order valence-electron chi connectivity index (χ0n) is 12.7. The number of rotatable bonds is 6. The lowest BCUT2D eigenvalue weighted by Crippen LogP contribution is -2.11. The molecule has 0 aliphatic carbocycles. The summed E-state index contributed by atoms with van der Waals surface area (Å²) in [6, 6.07) is 13.3. The molecule has 0 amide bonds. The lowest BCUT2D eigenvalue weighted by molar-refractivity contribution is -0.384. The zero-order valence-corrected chi connectivity index (χ0v) is 12.7. The predicted octanol–water partition coefficient (Wildman–Crippen LogP) is 3.17. The third-order valence-electron chi connectivity index (χ3n) is 3.84. The first-order valence-electron chi connectivity index (χ1n) is 7.36. The van der Waals surface area contributed by atoms with E-state index in [0.29, 0.717) is 5.56 Å². The molecule has 0 saturated carbocycles. The average molecular weight is 322 g/mol. The molecule has 6 heteroatoms. The monoisotopic (exact) mass is 322 g/mol. The van der Waals surface area contributed by atoms with Gasteiger partial charge in [0.05, 0.1) is 11.5 Å². The molecule has 1 heterocycles. The van der Waals surface area contributed by atoms with Crippen molar-refractivity contribution < 1.29 is 14.5 Å². The molecular formula is C18H14N2O4. The van der Waals surface area contributed by atoms with Gasteiger partial charge in [-0.1, -0.05) is 30.3 Å². The fraction of sp³-hybridized carbons (Fsp3) is 0.111. The highest BCUT2D eigenvalue weighted by Crippen LogP contribution is 2.20. The molecule has 120 valence electrons. The van der Waals surface area contributed by atoms with E-state index < -0.39 is 4.92 Å². The van der Waals surface area contributed by atoms with Gasteiger partial charge in [-0.3, -0.25) is 19.7 Å². The number of nitro benzene ring substituents is 1. The summed E-state index contributed by atoms with van der Waals surface area (Å²) in [5, 5.41) is 11.5. The Bertz CT molecular complexity index is 926. The van der Waals surface area contributed by atoms with Crippen LogP contribution >= 0.6 is 0 Å². The maximum Gasteiger partial charge on any atom is 0.269 e. The number of carbonyl (C=O) groups excluding carboxylic acids is 2. The van der Waals surface area contributed by atoms with Crippen molar-refractivity contribution in [3.8, 4) is 0 Å². The highest BCUT2D eigenvalue weighted by Gasteiger charge is 2.12. The molecule has 3 rings (SSSR count). The van der Waals surface area contributed by atoms with Gasteiger partial charge in [0, 0.05) is 41.2 Å². The number of benzene rings is 2. The zero-order chi connectivity index (χ0) is 17.1. The molecule has 0 unspecified atom stereocenters. The smallest absolute Gasteiger partial charge is 0.269 e. The molecule has 1 aromatic heterocycles. The van der Waals surface area contributed by atoms with Gasteiger partial charge < -0.3 is 4.57 Å². The normalized spacial score (nSPS) is 10.7. The second-order valence-electron chi connectivity index (χ2n) is 5.49. The quantitative estimate of drug-likeness (QED) is 0.396. The van der Waals surface area contributed by atoms with Gasteiger partial charge >= 0.3 is 0 Å². The van der Waals surface area contributed by atoms with Crippen molar-refractivity contribution in [2.24, 2.45) is 0 Å². The van der Waals surface area contributed by atoms with Crippen LogP contribution in [0.2, 0.25) is 0 Å². The standard InChI is InChI=1S/C18H14N2O4/c21-12-14-10-19(18-4-2-1-3-17(14)18)11-16(22)9-13-5-7-15(8-6-13)20(23)24/h1-8,10,12H,9,11H2. The van der Waals surface area contributed by atoms with Crippen LogP contribution in [0.5, 0.6) is 0 Å². The number of hydrogen-bond acceptors (Lipinski definition) is 4. The van der Waals surface area contributed by atoms with Gasteiger partial charge in [-0.2, -0.15) is 0 Å². The van der Waals surface area contributed by atoms with E-state index >= 15 is 0 Å². The van der Waals surface area contributed by atoms with Crippen LogP contribution in [0.25, 0.3) is 10.9 Å². The molecule has 0 fully saturated rings. The van der Waals surface area contributed by atoms with Gasteiger partial charge in [-0.15, -0.1) is 0 Å². The van der Waals surface area contributed by atoms with Crippen LogP contribution in [0.15, 0.2) is 54.7 Å². The molecule has 0 aliphatic heterocycles. The summed E-state index contributed by atoms with van der Waals surface area (Å²) >= 11 is 0. The summed E-state index contributed by atoms with van der Waals surface area (Å²) in [6.45, 7) is 0.144. The van der Waals surface area contributed by atoms with Crippen molar-refractivity contribution in [2.45, 2.75) is 13.0 Å². The van der Waals surface area contributed by atoms with Crippen molar-refractivity contribution in [3.05, 3.63) is 76.0 Å². The van der Waals surface area contributed by atoms with Crippen molar-refractivity contribution in [2.75, 3.05) is 0 Å². The number of non-ortho nitro benzene ring substituents is 1. The summed E-state index contributed by atoms with van der Waals surface area (Å²) in [5.74, 6) is -0.0398. The molecule has 0 spiro atoms. The van der Waals surface area contributed by atoms with Crippen LogP contribution < -0.4 is 0 Å². The van der Waals surface area contributed by atoms with E-state index in [1.54, 1.807) is 22.9 Å². The van der Waals surface area contributed by atoms with Gasteiger partial charge in [0.2, 0.25) is 0 Å². The van der Waals surface area contributed by atoms with E-state index in [4.69, 9.17) is 0 Å². The largest absolute Gasteiger partial charge is 0.339 e. The molecule has 3 aromatic rings. The van der Waals surface area contributed by atoms with Gasteiger partial charge in [0.1, 0.15) is 0 Å². The SMILES string of the molecule is O=Cc1cn(CC(=O)Cc2ccc([N+](=O)[O-])cc2)c2ccccc12. The Kier molecular flexibility index (Phi) is 4.20. The summed E-state index contributed by atoms with van der Waals surface area (Å²) in [4.78, 5) is 33.6. The number of fused-ring (bicyclic) bond motifs is 1. The highest BCUT2D eigenvalue weighted by molar-refractivity contribution is 5.98. The van der Waals surface area contributed by atoms with E-state index in [1.807, 2.05) is 24.3 Å². The van der Waals surface area contributed by atoms with E-state index in [0.717, 1.165) is 22.8 Å². The maximum atomic E-state index is 12.3. The molecule has 6 nitrogen and oxygen atoms in total. The number of aromatic nitrogens is 1. The number of hydrogen-bond donors (Lipinski definition) is 0. The Labute approximate surface area is 137 Å². The predicted molar refractivity (Wildman–Crippen MR) is 89.1 cm³/mol. The number of ketones is 1. The Hall–Kier alpha value is -3.28. The number of aldehydes is 1. The minimum atomic E-state index is -0.474. The van der Waals surface area contributed by atoms with Crippen LogP contribution in [0.4, 0.5) is 5.69 Å². The van der Waals surface area contributed by atoms with Crippen LogP contribution in [-0.2, 0) is 17.8 Å². The Morgan fingerprint density at radius 1 is 1.12 bits per heavy atom. The van der Waals surface area contributed by atoms with Crippen LogP contribution in [-0.4, -0.2) is 21.6 Å². The minimum absolute atomic E-state index is 0.00164. The van der Waals surface area contributed by atoms with Crippen molar-refractivity contribution in [1.29, 1.82) is 0 Å². The fourth-order valence-corrected chi connectivity index (χ4v) is 2.71. The molecule has 0 aliphatic rings. The number of nitro groups is 1. The third kappa shape index (κ3) is 3.08. The van der Waals surface area contributed by atoms with E-state index in [1.165, 1.54) is 12.1 Å². The first-order chi connectivity index (χ1) is 11.6. The summed E-state index contributed by atoms with van der Waals surface area (Å²) in [5.41, 5.74) is 2.10. The summed E-state index contributed by atoms with van der Waals surface area (Å²) in [6.07, 6.45) is 2.63. The first kappa shape index (κ1) is 15.6. The van der Waals surface area contributed by atoms with E-state index in [9.17, 15) is 19.7 Å². The Balaban J connectivity index is 1.78. The van der Waals surface area contributed by atoms with Gasteiger partial charge in [0.15, 0.2) is 12.1 Å². The number of Topliss-reactive ketones (excluding diaryl/α,β-unsaturated/α-hetero) is 1. The molecular weight excluding hydrogens is 308 g/mol. The van der Waals surface area contributed by atoms with Gasteiger partial charge in [-0.25, -0.2) is 0 Å². The maximum absolute atomic E-state index is 12.3. The molecule has 2 aromatic carbocycles. The summed E-state index contributed by atoms with van der Waals surface area (Å²) in [7, 11) is 0.